The van der Waals surface area contributed by atoms with Crippen LogP contribution >= 0.6 is 15.9 Å². The van der Waals surface area contributed by atoms with Crippen molar-refractivity contribution in [2.24, 2.45) is 0 Å². The Morgan fingerprint density at radius 1 is 1.18 bits per heavy atom. The van der Waals surface area contributed by atoms with E-state index in [2.05, 4.69) is 26.2 Å². The van der Waals surface area contributed by atoms with Crippen LogP contribution in [-0.2, 0) is 9.53 Å². The summed E-state index contributed by atoms with van der Waals surface area (Å²) in [7, 11) is 0. The van der Waals surface area contributed by atoms with Crippen LogP contribution in [0.3, 0.4) is 0 Å². The molecule has 1 N–H and O–H groups in total. The molecule has 0 fully saturated rings. The van der Waals surface area contributed by atoms with Gasteiger partial charge in [-0.2, -0.15) is 0 Å². The van der Waals surface area contributed by atoms with Gasteiger partial charge in [0.2, 0.25) is 0 Å². The van der Waals surface area contributed by atoms with Crippen LogP contribution in [0.2, 0.25) is 0 Å². The number of nitrogens with one attached hydrogen (secondary N) is 1. The van der Waals surface area contributed by atoms with Gasteiger partial charge in [-0.25, -0.2) is 4.79 Å². The predicted octanol–water partition coefficient (Wildman–Crippen LogP) is 3.42. The van der Waals surface area contributed by atoms with E-state index >= 15 is 0 Å². The third kappa shape index (κ3) is 4.39. The molecular formula is C16H15BrN2O3. The average Bonchev–Trinajstić information content (AvgIpc) is 2.55. The Kier molecular flexibility index (Phi) is 5.66. The number of rotatable bonds is 5. The van der Waals surface area contributed by atoms with Gasteiger partial charge in [-0.15, -0.1) is 0 Å². The summed E-state index contributed by atoms with van der Waals surface area (Å²) in [6.45, 7) is 1.78. The minimum Gasteiger partial charge on any atom is -0.449 e. The molecule has 0 saturated carbocycles. The number of pyridine rings is 1. The monoisotopic (exact) mass is 362 g/mol. The van der Waals surface area contributed by atoms with Crippen LogP contribution in [0, 0.1) is 0 Å². The highest BCUT2D eigenvalue weighted by Crippen LogP contribution is 2.15. The first-order valence-corrected chi connectivity index (χ1v) is 7.57. The third-order valence-electron chi connectivity index (χ3n) is 2.94. The number of esters is 1. The lowest BCUT2D eigenvalue weighted by molar-refractivity contribution is -0.124. The molecule has 5 nitrogen and oxygen atoms in total. The van der Waals surface area contributed by atoms with Crippen molar-refractivity contribution in [3.63, 3.8) is 0 Å². The fourth-order valence-corrected chi connectivity index (χ4v) is 2.03. The summed E-state index contributed by atoms with van der Waals surface area (Å²) in [6, 6.07) is 10.3. The molecule has 2 aromatic rings. The second-order valence-electron chi connectivity index (χ2n) is 4.53. The van der Waals surface area contributed by atoms with Crippen molar-refractivity contribution in [2.45, 2.75) is 19.4 Å². The zero-order chi connectivity index (χ0) is 15.9. The molecule has 1 aromatic heterocycles. The minimum atomic E-state index is -0.843. The first-order valence-electron chi connectivity index (χ1n) is 6.77. The van der Waals surface area contributed by atoms with Gasteiger partial charge in [-0.1, -0.05) is 22.9 Å². The molecule has 0 saturated heterocycles. The van der Waals surface area contributed by atoms with E-state index in [9.17, 15) is 9.59 Å². The van der Waals surface area contributed by atoms with Gasteiger partial charge < -0.3 is 10.1 Å². The molecule has 0 bridgehead atoms. The van der Waals surface area contributed by atoms with Crippen molar-refractivity contribution in [2.75, 3.05) is 5.32 Å². The Morgan fingerprint density at radius 3 is 2.41 bits per heavy atom. The van der Waals surface area contributed by atoms with Gasteiger partial charge in [0.25, 0.3) is 5.91 Å². The zero-order valence-electron chi connectivity index (χ0n) is 12.0. The smallest absolute Gasteiger partial charge is 0.339 e. The number of hydrogen-bond donors (Lipinski definition) is 1. The second-order valence-corrected chi connectivity index (χ2v) is 5.45. The summed E-state index contributed by atoms with van der Waals surface area (Å²) in [5.41, 5.74) is 1.01. The van der Waals surface area contributed by atoms with Gasteiger partial charge in [0.1, 0.15) is 0 Å². The highest BCUT2D eigenvalue weighted by molar-refractivity contribution is 9.10. The van der Waals surface area contributed by atoms with Gasteiger partial charge in [-0.3, -0.25) is 9.78 Å². The molecule has 0 aliphatic rings. The van der Waals surface area contributed by atoms with Crippen molar-refractivity contribution < 1.29 is 14.3 Å². The Hall–Kier alpha value is -2.21. The maximum atomic E-state index is 12.2. The quantitative estimate of drug-likeness (QED) is 0.827. The van der Waals surface area contributed by atoms with Gasteiger partial charge >= 0.3 is 5.97 Å². The van der Waals surface area contributed by atoms with Crippen LogP contribution in [0.4, 0.5) is 5.69 Å². The first kappa shape index (κ1) is 16.2. The van der Waals surface area contributed by atoms with E-state index in [1.54, 1.807) is 31.2 Å². The number of aromatic nitrogens is 1. The van der Waals surface area contributed by atoms with E-state index in [-0.39, 0.29) is 5.91 Å². The zero-order valence-corrected chi connectivity index (χ0v) is 13.5. The summed E-state index contributed by atoms with van der Waals surface area (Å²) in [4.78, 5) is 28.0. The number of halogens is 1. The molecule has 22 heavy (non-hydrogen) atoms. The Bertz CT molecular complexity index is 644. The number of nitrogens with zero attached hydrogens (tertiary/aromatic N) is 1. The number of carbonyl (C=O) groups excluding carboxylic acids is 2. The number of ether oxygens (including phenoxy) is 1. The van der Waals surface area contributed by atoms with Crippen LogP contribution in [-0.4, -0.2) is 23.0 Å². The summed E-state index contributed by atoms with van der Waals surface area (Å²) in [5.74, 6) is -0.896. The van der Waals surface area contributed by atoms with E-state index < -0.39 is 12.1 Å². The minimum absolute atomic E-state index is 0.354. The van der Waals surface area contributed by atoms with E-state index in [0.29, 0.717) is 17.7 Å². The SMILES string of the molecule is CCC(OC(=O)c1ccncc1)C(=O)Nc1ccc(Br)cc1. The molecule has 1 atom stereocenters. The highest BCUT2D eigenvalue weighted by atomic mass is 79.9. The van der Waals surface area contributed by atoms with E-state index in [1.165, 1.54) is 12.4 Å². The molecular weight excluding hydrogens is 348 g/mol. The summed E-state index contributed by atoms with van der Waals surface area (Å²) in [6.07, 6.45) is 2.54. The number of benzene rings is 1. The standard InChI is InChI=1S/C16H15BrN2O3/c1-2-14(22-16(21)11-7-9-18-10-8-11)15(20)19-13-5-3-12(17)4-6-13/h3-10,14H,2H2,1H3,(H,19,20). The van der Waals surface area contributed by atoms with Crippen LogP contribution in [0.25, 0.3) is 0 Å². The molecule has 0 radical (unpaired) electrons. The maximum absolute atomic E-state index is 12.2. The number of hydrogen-bond acceptors (Lipinski definition) is 4. The van der Waals surface area contributed by atoms with Gasteiger partial charge in [0.15, 0.2) is 6.10 Å². The topological polar surface area (TPSA) is 68.3 Å². The molecule has 114 valence electrons. The van der Waals surface area contributed by atoms with Gasteiger partial charge in [0, 0.05) is 22.6 Å². The predicted molar refractivity (Wildman–Crippen MR) is 86.5 cm³/mol. The molecule has 0 aliphatic carbocycles. The van der Waals surface area contributed by atoms with E-state index in [1.807, 2.05) is 12.1 Å². The summed E-state index contributed by atoms with van der Waals surface area (Å²) in [5, 5.41) is 2.73. The lowest BCUT2D eigenvalue weighted by Crippen LogP contribution is -2.32. The van der Waals surface area contributed by atoms with Crippen molar-refractivity contribution in [3.8, 4) is 0 Å². The molecule has 1 amide bonds. The van der Waals surface area contributed by atoms with Crippen LogP contribution in [0.5, 0.6) is 0 Å². The molecule has 0 spiro atoms. The number of carbonyl (C=O) groups is 2. The van der Waals surface area contributed by atoms with Crippen molar-refractivity contribution >= 4 is 33.5 Å². The molecule has 1 unspecified atom stereocenters. The third-order valence-corrected chi connectivity index (χ3v) is 3.47. The normalized spacial score (nSPS) is 11.5. The van der Waals surface area contributed by atoms with Crippen LogP contribution in [0.1, 0.15) is 23.7 Å². The molecule has 1 heterocycles. The van der Waals surface area contributed by atoms with Gasteiger partial charge in [0.05, 0.1) is 5.56 Å². The van der Waals surface area contributed by atoms with E-state index in [4.69, 9.17) is 4.74 Å². The molecule has 0 aliphatic heterocycles. The fraction of sp³-hybridized carbons (Fsp3) is 0.188. The van der Waals surface area contributed by atoms with Crippen molar-refractivity contribution in [1.82, 2.24) is 4.98 Å². The molecule has 6 heteroatoms. The van der Waals surface area contributed by atoms with Gasteiger partial charge in [-0.05, 0) is 42.8 Å². The molecule has 1 aromatic carbocycles. The number of anilines is 1. The van der Waals surface area contributed by atoms with E-state index in [0.717, 1.165) is 4.47 Å². The van der Waals surface area contributed by atoms with Crippen LogP contribution < -0.4 is 5.32 Å². The second kappa shape index (κ2) is 7.70. The Morgan fingerprint density at radius 2 is 1.82 bits per heavy atom. The largest absolute Gasteiger partial charge is 0.449 e. The fourth-order valence-electron chi connectivity index (χ4n) is 1.76. The Balaban J connectivity index is 2.00. The highest BCUT2D eigenvalue weighted by Gasteiger charge is 2.22. The average molecular weight is 363 g/mol. The van der Waals surface area contributed by atoms with Crippen molar-refractivity contribution in [3.05, 3.63) is 58.8 Å². The number of amides is 1. The Labute approximate surface area is 136 Å². The summed E-state index contributed by atoms with van der Waals surface area (Å²) < 4.78 is 6.17. The lowest BCUT2D eigenvalue weighted by atomic mass is 10.2. The van der Waals surface area contributed by atoms with Crippen molar-refractivity contribution in [1.29, 1.82) is 0 Å². The first-order chi connectivity index (χ1) is 10.6. The molecule has 2 rings (SSSR count). The lowest BCUT2D eigenvalue weighted by Gasteiger charge is -2.16. The summed E-state index contributed by atoms with van der Waals surface area (Å²) >= 11 is 3.33. The maximum Gasteiger partial charge on any atom is 0.339 e. The van der Waals surface area contributed by atoms with Crippen LogP contribution in [0.15, 0.2) is 53.3 Å².